The molecule has 0 aliphatic carbocycles. The summed E-state index contributed by atoms with van der Waals surface area (Å²) in [4.78, 5) is 8.80. The van der Waals surface area contributed by atoms with E-state index < -0.39 is 0 Å². The standard InChI is InChI=1S/C22H25N3O4/c1-5-28-15-8-9-16(20(12-15)29-6-2)18-13-17(24-22(23)25-18)14-7-10-19(26-3)21(11-14)27-4/h7-13H,5-6H2,1-4H3,(H2,23,24,25). The number of hydrogen-bond acceptors (Lipinski definition) is 7. The predicted octanol–water partition coefficient (Wildman–Crippen LogP) is 4.21. The molecule has 0 aliphatic rings. The monoisotopic (exact) mass is 395 g/mol. The number of anilines is 1. The molecule has 1 aromatic heterocycles. The lowest BCUT2D eigenvalue weighted by Crippen LogP contribution is -2.01. The summed E-state index contributed by atoms with van der Waals surface area (Å²) in [6, 6.07) is 13.1. The van der Waals surface area contributed by atoms with Gasteiger partial charge in [-0.2, -0.15) is 0 Å². The highest BCUT2D eigenvalue weighted by Gasteiger charge is 2.14. The number of aromatic nitrogens is 2. The summed E-state index contributed by atoms with van der Waals surface area (Å²) < 4.78 is 22.1. The Hall–Kier alpha value is -3.48. The van der Waals surface area contributed by atoms with Crippen molar-refractivity contribution in [2.75, 3.05) is 33.2 Å². The molecule has 0 spiro atoms. The molecule has 1 heterocycles. The molecule has 7 heteroatoms. The number of nitrogens with two attached hydrogens (primary N) is 1. The number of benzene rings is 2. The number of hydrogen-bond donors (Lipinski definition) is 1. The third-order valence-corrected chi connectivity index (χ3v) is 4.26. The summed E-state index contributed by atoms with van der Waals surface area (Å²) in [6.07, 6.45) is 0. The van der Waals surface area contributed by atoms with Gasteiger partial charge in [-0.05, 0) is 50.2 Å². The molecule has 0 radical (unpaired) electrons. The van der Waals surface area contributed by atoms with Crippen LogP contribution in [0.25, 0.3) is 22.5 Å². The zero-order chi connectivity index (χ0) is 20.8. The molecule has 0 aliphatic heterocycles. The number of nitrogen functional groups attached to an aromatic ring is 1. The van der Waals surface area contributed by atoms with Gasteiger partial charge in [0.25, 0.3) is 0 Å². The van der Waals surface area contributed by atoms with Crippen LogP contribution in [-0.2, 0) is 0 Å². The van der Waals surface area contributed by atoms with Gasteiger partial charge in [-0.25, -0.2) is 9.97 Å². The topological polar surface area (TPSA) is 88.7 Å². The van der Waals surface area contributed by atoms with Crippen molar-refractivity contribution in [1.82, 2.24) is 9.97 Å². The number of nitrogens with zero attached hydrogens (tertiary/aromatic N) is 2. The molecule has 0 unspecified atom stereocenters. The van der Waals surface area contributed by atoms with Gasteiger partial charge in [0.2, 0.25) is 5.95 Å². The molecule has 7 nitrogen and oxygen atoms in total. The molecule has 0 atom stereocenters. The summed E-state index contributed by atoms with van der Waals surface area (Å²) in [7, 11) is 3.19. The van der Waals surface area contributed by atoms with E-state index in [-0.39, 0.29) is 5.95 Å². The first-order chi connectivity index (χ1) is 14.1. The van der Waals surface area contributed by atoms with Gasteiger partial charge in [-0.3, -0.25) is 0 Å². The molecule has 2 N–H and O–H groups in total. The van der Waals surface area contributed by atoms with E-state index in [1.807, 2.05) is 56.3 Å². The molecule has 3 aromatic rings. The molecule has 0 bridgehead atoms. The van der Waals surface area contributed by atoms with Crippen LogP contribution in [0.5, 0.6) is 23.0 Å². The van der Waals surface area contributed by atoms with Gasteiger partial charge in [-0.1, -0.05) is 0 Å². The minimum absolute atomic E-state index is 0.170. The normalized spacial score (nSPS) is 10.5. The van der Waals surface area contributed by atoms with Crippen molar-refractivity contribution in [1.29, 1.82) is 0 Å². The Morgan fingerprint density at radius 1 is 0.759 bits per heavy atom. The zero-order valence-corrected chi connectivity index (χ0v) is 17.1. The molecule has 0 amide bonds. The van der Waals surface area contributed by atoms with Gasteiger partial charge in [0, 0.05) is 17.2 Å². The van der Waals surface area contributed by atoms with E-state index >= 15 is 0 Å². The Bertz CT molecular complexity index is 992. The molecule has 152 valence electrons. The first-order valence-corrected chi connectivity index (χ1v) is 9.36. The van der Waals surface area contributed by atoms with Crippen LogP contribution >= 0.6 is 0 Å². The highest BCUT2D eigenvalue weighted by molar-refractivity contribution is 5.74. The second-order valence-electron chi connectivity index (χ2n) is 6.09. The first kappa shape index (κ1) is 20.3. The maximum absolute atomic E-state index is 6.02. The minimum Gasteiger partial charge on any atom is -0.494 e. The first-order valence-electron chi connectivity index (χ1n) is 9.36. The van der Waals surface area contributed by atoms with Crippen molar-refractivity contribution in [3.05, 3.63) is 42.5 Å². The maximum Gasteiger partial charge on any atom is 0.221 e. The van der Waals surface area contributed by atoms with E-state index in [0.29, 0.717) is 41.9 Å². The third-order valence-electron chi connectivity index (χ3n) is 4.26. The fourth-order valence-corrected chi connectivity index (χ4v) is 2.99. The second-order valence-corrected chi connectivity index (χ2v) is 6.09. The van der Waals surface area contributed by atoms with Crippen LogP contribution in [0.4, 0.5) is 5.95 Å². The Kier molecular flexibility index (Phi) is 6.39. The molecule has 0 saturated carbocycles. The smallest absolute Gasteiger partial charge is 0.221 e. The Morgan fingerprint density at radius 3 is 2.17 bits per heavy atom. The van der Waals surface area contributed by atoms with Gasteiger partial charge in [-0.15, -0.1) is 0 Å². The van der Waals surface area contributed by atoms with E-state index in [0.717, 1.165) is 16.9 Å². The van der Waals surface area contributed by atoms with Gasteiger partial charge in [0.05, 0.1) is 38.8 Å². The average molecular weight is 395 g/mol. The van der Waals surface area contributed by atoms with Crippen molar-refractivity contribution in [3.63, 3.8) is 0 Å². The molecule has 0 fully saturated rings. The van der Waals surface area contributed by atoms with E-state index in [2.05, 4.69) is 9.97 Å². The van der Waals surface area contributed by atoms with Crippen molar-refractivity contribution in [3.8, 4) is 45.5 Å². The van der Waals surface area contributed by atoms with Gasteiger partial charge >= 0.3 is 0 Å². The lowest BCUT2D eigenvalue weighted by atomic mass is 10.1. The third kappa shape index (κ3) is 4.51. The van der Waals surface area contributed by atoms with E-state index in [9.17, 15) is 0 Å². The summed E-state index contributed by atoms with van der Waals surface area (Å²) >= 11 is 0. The van der Waals surface area contributed by atoms with Gasteiger partial charge in [0.1, 0.15) is 11.5 Å². The zero-order valence-electron chi connectivity index (χ0n) is 17.1. The Morgan fingerprint density at radius 2 is 1.48 bits per heavy atom. The largest absolute Gasteiger partial charge is 0.494 e. The van der Waals surface area contributed by atoms with Crippen LogP contribution in [0.2, 0.25) is 0 Å². The van der Waals surface area contributed by atoms with Gasteiger partial charge < -0.3 is 24.7 Å². The number of rotatable bonds is 8. The van der Waals surface area contributed by atoms with Crippen molar-refractivity contribution in [2.45, 2.75) is 13.8 Å². The minimum atomic E-state index is 0.170. The molecule has 0 saturated heterocycles. The van der Waals surface area contributed by atoms with Crippen LogP contribution in [0.1, 0.15) is 13.8 Å². The SMILES string of the molecule is CCOc1ccc(-c2cc(-c3ccc(OC)c(OC)c3)nc(N)n2)c(OCC)c1. The van der Waals surface area contributed by atoms with Crippen LogP contribution < -0.4 is 24.7 Å². The molecule has 3 rings (SSSR count). The summed E-state index contributed by atoms with van der Waals surface area (Å²) in [5, 5.41) is 0. The fraction of sp³-hybridized carbons (Fsp3) is 0.273. The van der Waals surface area contributed by atoms with Crippen LogP contribution in [0.3, 0.4) is 0 Å². The number of methoxy groups -OCH3 is 2. The molecule has 29 heavy (non-hydrogen) atoms. The molecule has 2 aromatic carbocycles. The van der Waals surface area contributed by atoms with E-state index in [1.165, 1.54) is 0 Å². The number of ether oxygens (including phenoxy) is 4. The predicted molar refractivity (Wildman–Crippen MR) is 113 cm³/mol. The van der Waals surface area contributed by atoms with E-state index in [4.69, 9.17) is 24.7 Å². The van der Waals surface area contributed by atoms with Crippen LogP contribution in [-0.4, -0.2) is 37.4 Å². The highest BCUT2D eigenvalue weighted by atomic mass is 16.5. The average Bonchev–Trinajstić information content (AvgIpc) is 2.73. The highest BCUT2D eigenvalue weighted by Crippen LogP contribution is 2.36. The van der Waals surface area contributed by atoms with Crippen LogP contribution in [0, 0.1) is 0 Å². The van der Waals surface area contributed by atoms with Crippen LogP contribution in [0.15, 0.2) is 42.5 Å². The van der Waals surface area contributed by atoms with Crippen molar-refractivity contribution < 1.29 is 18.9 Å². The molecular formula is C22H25N3O4. The lowest BCUT2D eigenvalue weighted by Gasteiger charge is -2.14. The summed E-state index contributed by atoms with van der Waals surface area (Å²) in [5.74, 6) is 2.84. The summed E-state index contributed by atoms with van der Waals surface area (Å²) in [6.45, 7) is 4.97. The van der Waals surface area contributed by atoms with Crippen molar-refractivity contribution in [2.24, 2.45) is 0 Å². The maximum atomic E-state index is 6.02. The second kappa shape index (κ2) is 9.14. The Labute approximate surface area is 170 Å². The molecular weight excluding hydrogens is 370 g/mol. The Balaban J connectivity index is 2.08. The quantitative estimate of drug-likeness (QED) is 0.611. The summed E-state index contributed by atoms with van der Waals surface area (Å²) in [5.41, 5.74) is 9.00. The van der Waals surface area contributed by atoms with Gasteiger partial charge in [0.15, 0.2) is 11.5 Å². The fourth-order valence-electron chi connectivity index (χ4n) is 2.99. The van der Waals surface area contributed by atoms with E-state index in [1.54, 1.807) is 14.2 Å². The lowest BCUT2D eigenvalue weighted by molar-refractivity contribution is 0.324. The van der Waals surface area contributed by atoms with Crippen molar-refractivity contribution >= 4 is 5.95 Å².